The molecule has 2 heterocycles. The van der Waals surface area contributed by atoms with Gasteiger partial charge in [0, 0.05) is 31.3 Å². The standard InChI is InChI=1S/C20H19F2N3O2.C3H7NO/c1-25(14-4-2-3-5-14)18(26)13-7-8-16(23-11-13)12-6-9-17-15(10-12)20(21,22)19(27)24-17;1-2-3(4)5/h6-11,14H,2-5H2,1H3,(H,24,27);2H2,1H3,(H2,4,5). The van der Waals surface area contributed by atoms with Gasteiger partial charge in [-0.25, -0.2) is 0 Å². The molecular formula is C23H26F2N4O3. The highest BCUT2D eigenvalue weighted by Gasteiger charge is 2.48. The molecule has 170 valence electrons. The number of nitrogens with one attached hydrogen (secondary N) is 1. The second-order valence-electron chi connectivity index (χ2n) is 7.90. The summed E-state index contributed by atoms with van der Waals surface area (Å²) in [5, 5.41) is 2.17. The van der Waals surface area contributed by atoms with Crippen molar-refractivity contribution in [2.24, 2.45) is 5.73 Å². The van der Waals surface area contributed by atoms with Crippen molar-refractivity contribution in [2.75, 3.05) is 12.4 Å². The lowest BCUT2D eigenvalue weighted by molar-refractivity contribution is -0.139. The van der Waals surface area contributed by atoms with Crippen molar-refractivity contribution in [1.29, 1.82) is 0 Å². The van der Waals surface area contributed by atoms with Crippen LogP contribution in [-0.2, 0) is 15.5 Å². The van der Waals surface area contributed by atoms with Gasteiger partial charge >= 0.3 is 5.92 Å². The molecule has 1 saturated carbocycles. The van der Waals surface area contributed by atoms with Crippen molar-refractivity contribution in [3.05, 3.63) is 47.7 Å². The molecule has 0 spiro atoms. The van der Waals surface area contributed by atoms with Gasteiger partial charge in [-0.05, 0) is 37.1 Å². The van der Waals surface area contributed by atoms with Gasteiger partial charge in [-0.15, -0.1) is 0 Å². The monoisotopic (exact) mass is 444 g/mol. The van der Waals surface area contributed by atoms with E-state index in [9.17, 15) is 23.2 Å². The largest absolute Gasteiger partial charge is 0.370 e. The van der Waals surface area contributed by atoms with E-state index < -0.39 is 11.8 Å². The van der Waals surface area contributed by atoms with Crippen LogP contribution in [0.15, 0.2) is 36.5 Å². The van der Waals surface area contributed by atoms with Crippen LogP contribution >= 0.6 is 0 Å². The smallest absolute Gasteiger partial charge is 0.352 e. The Labute approximate surface area is 185 Å². The van der Waals surface area contributed by atoms with Crippen LogP contribution in [0.3, 0.4) is 0 Å². The number of nitrogens with two attached hydrogens (primary N) is 1. The van der Waals surface area contributed by atoms with Crippen LogP contribution in [-0.4, -0.2) is 40.7 Å². The fourth-order valence-electron chi connectivity index (χ4n) is 3.75. The number of carbonyl (C=O) groups is 3. The summed E-state index contributed by atoms with van der Waals surface area (Å²) in [6.07, 6.45) is 6.23. The summed E-state index contributed by atoms with van der Waals surface area (Å²) in [5.74, 6) is -5.20. The van der Waals surface area contributed by atoms with E-state index in [1.165, 1.54) is 18.3 Å². The third-order valence-corrected chi connectivity index (χ3v) is 5.74. The molecule has 1 aliphatic carbocycles. The van der Waals surface area contributed by atoms with Gasteiger partial charge in [-0.2, -0.15) is 8.78 Å². The normalized spacial score (nSPS) is 16.6. The number of benzene rings is 1. The molecule has 2 aromatic rings. The Bertz CT molecular complexity index is 1020. The minimum absolute atomic E-state index is 0.0868. The summed E-state index contributed by atoms with van der Waals surface area (Å²) in [5.41, 5.74) is 5.81. The van der Waals surface area contributed by atoms with E-state index in [4.69, 9.17) is 0 Å². The summed E-state index contributed by atoms with van der Waals surface area (Å²) >= 11 is 0. The first-order valence-electron chi connectivity index (χ1n) is 10.5. The third kappa shape index (κ3) is 4.76. The quantitative estimate of drug-likeness (QED) is 0.750. The molecule has 0 radical (unpaired) electrons. The number of pyridine rings is 1. The zero-order valence-corrected chi connectivity index (χ0v) is 18.0. The fraction of sp³-hybridized carbons (Fsp3) is 0.391. The molecule has 4 rings (SSSR count). The number of hydrogen-bond acceptors (Lipinski definition) is 4. The topological polar surface area (TPSA) is 105 Å². The number of rotatable bonds is 4. The van der Waals surface area contributed by atoms with Gasteiger partial charge in [0.05, 0.1) is 22.5 Å². The Kier molecular flexibility index (Phi) is 6.86. The number of amides is 3. The lowest BCUT2D eigenvalue weighted by Crippen LogP contribution is -2.35. The van der Waals surface area contributed by atoms with Crippen LogP contribution in [0, 0.1) is 0 Å². The predicted octanol–water partition coefficient (Wildman–Crippen LogP) is 3.69. The summed E-state index contributed by atoms with van der Waals surface area (Å²) in [6, 6.07) is 7.89. The number of nitrogens with zero attached hydrogens (tertiary/aromatic N) is 2. The number of alkyl halides is 2. The predicted molar refractivity (Wildman–Crippen MR) is 116 cm³/mol. The highest BCUT2D eigenvalue weighted by atomic mass is 19.3. The number of primary amides is 1. The number of anilines is 1. The van der Waals surface area contributed by atoms with Gasteiger partial charge in [-0.3, -0.25) is 19.4 Å². The molecule has 0 saturated heterocycles. The maximum Gasteiger partial charge on any atom is 0.352 e. The molecule has 1 aliphatic heterocycles. The van der Waals surface area contributed by atoms with Crippen molar-refractivity contribution >= 4 is 23.4 Å². The van der Waals surface area contributed by atoms with E-state index in [1.807, 2.05) is 0 Å². The Morgan fingerprint density at radius 3 is 2.44 bits per heavy atom. The van der Waals surface area contributed by atoms with Crippen LogP contribution in [0.25, 0.3) is 11.3 Å². The fourth-order valence-corrected chi connectivity index (χ4v) is 3.75. The average molecular weight is 444 g/mol. The maximum atomic E-state index is 14.0. The van der Waals surface area contributed by atoms with E-state index >= 15 is 0 Å². The van der Waals surface area contributed by atoms with Crippen molar-refractivity contribution in [2.45, 2.75) is 51.0 Å². The van der Waals surface area contributed by atoms with Crippen LogP contribution in [0.2, 0.25) is 0 Å². The number of aromatic nitrogens is 1. The van der Waals surface area contributed by atoms with Crippen molar-refractivity contribution in [3.8, 4) is 11.3 Å². The molecule has 1 aromatic carbocycles. The second kappa shape index (κ2) is 9.42. The zero-order valence-electron chi connectivity index (χ0n) is 18.0. The number of fused-ring (bicyclic) bond motifs is 1. The number of hydrogen-bond donors (Lipinski definition) is 2. The molecule has 7 nitrogen and oxygen atoms in total. The molecule has 1 aromatic heterocycles. The van der Waals surface area contributed by atoms with E-state index in [-0.39, 0.29) is 29.1 Å². The van der Waals surface area contributed by atoms with Crippen LogP contribution in [0.4, 0.5) is 14.5 Å². The minimum Gasteiger partial charge on any atom is -0.370 e. The lowest BCUT2D eigenvalue weighted by Gasteiger charge is -2.24. The molecule has 1 fully saturated rings. The van der Waals surface area contributed by atoms with Gasteiger partial charge in [0.25, 0.3) is 11.8 Å². The Morgan fingerprint density at radius 2 is 1.88 bits per heavy atom. The van der Waals surface area contributed by atoms with Gasteiger partial charge in [0.15, 0.2) is 0 Å². The first-order valence-corrected chi connectivity index (χ1v) is 10.5. The number of carbonyl (C=O) groups excluding carboxylic acids is 3. The van der Waals surface area contributed by atoms with Gasteiger partial charge < -0.3 is 16.0 Å². The van der Waals surface area contributed by atoms with Gasteiger partial charge in [-0.1, -0.05) is 25.8 Å². The van der Waals surface area contributed by atoms with E-state index in [1.54, 1.807) is 37.1 Å². The summed E-state index contributed by atoms with van der Waals surface area (Å²) in [4.78, 5) is 39.6. The molecule has 2 aliphatic rings. The summed E-state index contributed by atoms with van der Waals surface area (Å²) in [6.45, 7) is 1.72. The van der Waals surface area contributed by atoms with Gasteiger partial charge in [0.1, 0.15) is 0 Å². The van der Waals surface area contributed by atoms with E-state index in [0.717, 1.165) is 25.7 Å². The van der Waals surface area contributed by atoms with Crippen molar-refractivity contribution < 1.29 is 23.2 Å². The highest BCUT2D eigenvalue weighted by molar-refractivity contribution is 6.04. The van der Waals surface area contributed by atoms with E-state index in [0.29, 0.717) is 23.2 Å². The van der Waals surface area contributed by atoms with Crippen LogP contribution < -0.4 is 11.1 Å². The van der Waals surface area contributed by atoms with Crippen molar-refractivity contribution in [1.82, 2.24) is 9.88 Å². The van der Waals surface area contributed by atoms with Crippen LogP contribution in [0.1, 0.15) is 54.9 Å². The first kappa shape index (κ1) is 23.3. The average Bonchev–Trinajstić information content (AvgIpc) is 3.40. The molecule has 0 unspecified atom stereocenters. The molecule has 3 amide bonds. The second-order valence-corrected chi connectivity index (χ2v) is 7.90. The highest BCUT2D eigenvalue weighted by Crippen LogP contribution is 2.41. The van der Waals surface area contributed by atoms with Crippen molar-refractivity contribution in [3.63, 3.8) is 0 Å². The summed E-state index contributed by atoms with van der Waals surface area (Å²) < 4.78 is 27.9. The van der Waals surface area contributed by atoms with E-state index in [2.05, 4.69) is 16.0 Å². The Balaban J connectivity index is 0.000000523. The molecule has 9 heteroatoms. The first-order chi connectivity index (χ1) is 15.1. The Hall–Kier alpha value is -3.36. The third-order valence-electron chi connectivity index (χ3n) is 5.74. The minimum atomic E-state index is -3.55. The van der Waals surface area contributed by atoms with Crippen LogP contribution in [0.5, 0.6) is 0 Å². The Morgan fingerprint density at radius 1 is 1.22 bits per heavy atom. The molecular weight excluding hydrogens is 418 g/mol. The molecule has 0 bridgehead atoms. The molecule has 3 N–H and O–H groups in total. The molecule has 0 atom stereocenters. The summed E-state index contributed by atoms with van der Waals surface area (Å²) in [7, 11) is 1.80. The number of halogens is 2. The zero-order chi connectivity index (χ0) is 23.5. The lowest BCUT2D eigenvalue weighted by atomic mass is 10.0. The maximum absolute atomic E-state index is 14.0. The SMILES string of the molecule is CCC(N)=O.CN(C(=O)c1ccc(-c2ccc3c(c2)C(F)(F)C(=O)N3)nc1)C1CCCC1. The van der Waals surface area contributed by atoms with Gasteiger partial charge in [0.2, 0.25) is 5.91 Å². The molecule has 32 heavy (non-hydrogen) atoms.